The molecule has 0 saturated heterocycles. The summed E-state index contributed by atoms with van der Waals surface area (Å²) in [5, 5.41) is 2.99. The van der Waals surface area contributed by atoms with E-state index in [-0.39, 0.29) is 6.04 Å². The molecule has 0 amide bonds. The number of aromatic nitrogens is 1. The summed E-state index contributed by atoms with van der Waals surface area (Å²) in [5.74, 6) is 0.421. The number of hydrogen-bond donors (Lipinski definition) is 1. The van der Waals surface area contributed by atoms with Crippen molar-refractivity contribution in [2.75, 3.05) is 18.5 Å². The summed E-state index contributed by atoms with van der Waals surface area (Å²) in [6, 6.07) is 1.61. The molecule has 0 atom stereocenters. The standard InChI is InChI=1S/C14H22F3N3/c1-9(2)20(8-14(15,16)17)13-12(7-18-5)10(3)6-11(4)19-13/h6,9,18H,7-8H2,1-5H3. The molecule has 0 spiro atoms. The van der Waals surface area contributed by atoms with Gasteiger partial charge in [-0.2, -0.15) is 13.2 Å². The summed E-state index contributed by atoms with van der Waals surface area (Å²) in [5.41, 5.74) is 2.50. The molecular formula is C14H22F3N3. The molecule has 3 nitrogen and oxygen atoms in total. The highest BCUT2D eigenvalue weighted by atomic mass is 19.4. The van der Waals surface area contributed by atoms with Crippen molar-refractivity contribution in [3.63, 3.8) is 0 Å². The van der Waals surface area contributed by atoms with Crippen LogP contribution in [0.2, 0.25) is 0 Å². The van der Waals surface area contributed by atoms with Crippen molar-refractivity contribution < 1.29 is 13.2 Å². The number of pyridine rings is 1. The van der Waals surface area contributed by atoms with E-state index in [1.165, 1.54) is 4.90 Å². The lowest BCUT2D eigenvalue weighted by molar-refractivity contribution is -0.120. The molecule has 114 valence electrons. The summed E-state index contributed by atoms with van der Waals surface area (Å²) in [6.07, 6.45) is -4.25. The largest absolute Gasteiger partial charge is 0.405 e. The molecule has 20 heavy (non-hydrogen) atoms. The molecule has 0 unspecified atom stereocenters. The second-order valence-corrected chi connectivity index (χ2v) is 5.25. The van der Waals surface area contributed by atoms with Crippen LogP contribution in [0.15, 0.2) is 6.07 Å². The van der Waals surface area contributed by atoms with Crippen LogP contribution in [0.5, 0.6) is 0 Å². The van der Waals surface area contributed by atoms with Gasteiger partial charge in [0.15, 0.2) is 0 Å². The maximum atomic E-state index is 12.8. The van der Waals surface area contributed by atoms with E-state index in [4.69, 9.17) is 0 Å². The fraction of sp³-hybridized carbons (Fsp3) is 0.643. The Labute approximate surface area is 118 Å². The monoisotopic (exact) mass is 289 g/mol. The van der Waals surface area contributed by atoms with E-state index in [1.54, 1.807) is 27.8 Å². The van der Waals surface area contributed by atoms with E-state index in [1.807, 2.05) is 13.0 Å². The lowest BCUT2D eigenvalue weighted by atomic mass is 10.1. The molecule has 1 aromatic heterocycles. The van der Waals surface area contributed by atoms with E-state index in [2.05, 4.69) is 10.3 Å². The van der Waals surface area contributed by atoms with Crippen LogP contribution in [0.3, 0.4) is 0 Å². The zero-order valence-electron chi connectivity index (χ0n) is 12.6. The molecule has 0 aromatic carbocycles. The zero-order chi connectivity index (χ0) is 15.5. The van der Waals surface area contributed by atoms with Gasteiger partial charge in [-0.3, -0.25) is 0 Å². The quantitative estimate of drug-likeness (QED) is 0.902. The Morgan fingerprint density at radius 3 is 2.35 bits per heavy atom. The van der Waals surface area contributed by atoms with E-state index in [0.717, 1.165) is 16.8 Å². The summed E-state index contributed by atoms with van der Waals surface area (Å²) >= 11 is 0. The highest BCUT2D eigenvalue weighted by molar-refractivity contribution is 5.52. The van der Waals surface area contributed by atoms with Crippen molar-refractivity contribution in [1.29, 1.82) is 0 Å². The van der Waals surface area contributed by atoms with Crippen LogP contribution in [0.1, 0.15) is 30.7 Å². The Morgan fingerprint density at radius 1 is 1.30 bits per heavy atom. The molecule has 0 saturated carbocycles. The zero-order valence-corrected chi connectivity index (χ0v) is 12.6. The van der Waals surface area contributed by atoms with Gasteiger partial charge in [-0.15, -0.1) is 0 Å². The van der Waals surface area contributed by atoms with Crippen molar-refractivity contribution in [3.8, 4) is 0 Å². The average Bonchev–Trinajstić information content (AvgIpc) is 2.28. The maximum absolute atomic E-state index is 12.8. The minimum Gasteiger partial charge on any atom is -0.345 e. The molecule has 1 aromatic rings. The molecular weight excluding hydrogens is 267 g/mol. The summed E-state index contributed by atoms with van der Waals surface area (Å²) in [6.45, 7) is 6.69. The number of rotatable bonds is 5. The molecule has 0 aliphatic carbocycles. The minimum atomic E-state index is -4.25. The van der Waals surface area contributed by atoms with Gasteiger partial charge in [0, 0.05) is 23.8 Å². The first-order valence-electron chi connectivity index (χ1n) is 6.60. The van der Waals surface area contributed by atoms with Gasteiger partial charge in [0.1, 0.15) is 12.4 Å². The number of anilines is 1. The SMILES string of the molecule is CNCc1c(C)cc(C)nc1N(CC(F)(F)F)C(C)C. The number of nitrogens with one attached hydrogen (secondary N) is 1. The van der Waals surface area contributed by atoms with E-state index in [0.29, 0.717) is 12.4 Å². The Morgan fingerprint density at radius 2 is 1.90 bits per heavy atom. The number of alkyl halides is 3. The second-order valence-electron chi connectivity index (χ2n) is 5.25. The molecule has 0 aliphatic heterocycles. The van der Waals surface area contributed by atoms with Gasteiger partial charge in [-0.1, -0.05) is 0 Å². The van der Waals surface area contributed by atoms with Crippen molar-refractivity contribution in [1.82, 2.24) is 10.3 Å². The third-order valence-corrected chi connectivity index (χ3v) is 3.05. The Hall–Kier alpha value is -1.30. The van der Waals surface area contributed by atoms with Crippen molar-refractivity contribution in [2.24, 2.45) is 0 Å². The number of nitrogens with zero attached hydrogens (tertiary/aromatic N) is 2. The predicted molar refractivity (Wildman–Crippen MR) is 75.0 cm³/mol. The summed E-state index contributed by atoms with van der Waals surface area (Å²) in [7, 11) is 1.77. The number of hydrogen-bond acceptors (Lipinski definition) is 3. The lowest BCUT2D eigenvalue weighted by Gasteiger charge is -2.31. The Bertz CT molecular complexity index is 456. The first-order valence-corrected chi connectivity index (χ1v) is 6.60. The van der Waals surface area contributed by atoms with Gasteiger partial charge in [0.2, 0.25) is 0 Å². The van der Waals surface area contributed by atoms with Crippen molar-refractivity contribution in [3.05, 3.63) is 22.9 Å². The van der Waals surface area contributed by atoms with Gasteiger partial charge in [0.05, 0.1) is 0 Å². The Balaban J connectivity index is 3.31. The van der Waals surface area contributed by atoms with Crippen molar-refractivity contribution in [2.45, 2.75) is 46.5 Å². The van der Waals surface area contributed by atoms with E-state index >= 15 is 0 Å². The molecule has 1 heterocycles. The normalized spacial score (nSPS) is 12.1. The van der Waals surface area contributed by atoms with E-state index in [9.17, 15) is 13.2 Å². The van der Waals surface area contributed by atoms with Crippen LogP contribution in [-0.2, 0) is 6.54 Å². The van der Waals surface area contributed by atoms with Gasteiger partial charge in [-0.05, 0) is 46.4 Å². The maximum Gasteiger partial charge on any atom is 0.405 e. The predicted octanol–water partition coefficient (Wildman–Crippen LogP) is 3.19. The van der Waals surface area contributed by atoms with Crippen LogP contribution in [0.4, 0.5) is 19.0 Å². The third-order valence-electron chi connectivity index (χ3n) is 3.05. The first-order chi connectivity index (χ1) is 9.15. The Kier molecular flexibility index (Phi) is 5.39. The fourth-order valence-corrected chi connectivity index (χ4v) is 2.17. The number of aryl methyl sites for hydroxylation is 2. The van der Waals surface area contributed by atoms with Gasteiger partial charge < -0.3 is 10.2 Å². The smallest absolute Gasteiger partial charge is 0.345 e. The van der Waals surface area contributed by atoms with Crippen LogP contribution in [0, 0.1) is 13.8 Å². The van der Waals surface area contributed by atoms with Crippen molar-refractivity contribution >= 4 is 5.82 Å². The summed E-state index contributed by atoms with van der Waals surface area (Å²) < 4.78 is 38.4. The fourth-order valence-electron chi connectivity index (χ4n) is 2.17. The highest BCUT2D eigenvalue weighted by Gasteiger charge is 2.33. The van der Waals surface area contributed by atoms with Gasteiger partial charge in [0.25, 0.3) is 0 Å². The molecule has 1 rings (SSSR count). The van der Waals surface area contributed by atoms with Gasteiger partial charge in [-0.25, -0.2) is 4.98 Å². The molecule has 6 heteroatoms. The molecule has 0 radical (unpaired) electrons. The van der Waals surface area contributed by atoms with Crippen LogP contribution in [-0.4, -0.2) is 30.8 Å². The summed E-state index contributed by atoms with van der Waals surface area (Å²) in [4.78, 5) is 5.66. The van der Waals surface area contributed by atoms with Crippen LogP contribution < -0.4 is 10.2 Å². The second kappa shape index (κ2) is 6.43. The molecule has 0 bridgehead atoms. The highest BCUT2D eigenvalue weighted by Crippen LogP contribution is 2.28. The topological polar surface area (TPSA) is 28.2 Å². The minimum absolute atomic E-state index is 0.277. The van der Waals surface area contributed by atoms with Crippen LogP contribution in [0.25, 0.3) is 0 Å². The molecule has 0 aliphatic rings. The first kappa shape index (κ1) is 16.8. The molecule has 1 N–H and O–H groups in total. The number of halogens is 3. The van der Waals surface area contributed by atoms with E-state index < -0.39 is 12.7 Å². The molecule has 0 fully saturated rings. The third kappa shape index (κ3) is 4.37. The van der Waals surface area contributed by atoms with Gasteiger partial charge >= 0.3 is 6.18 Å². The van der Waals surface area contributed by atoms with Crippen LogP contribution >= 0.6 is 0 Å². The average molecular weight is 289 g/mol. The lowest BCUT2D eigenvalue weighted by Crippen LogP contribution is -2.40.